The van der Waals surface area contributed by atoms with Crippen LogP contribution in [0.4, 0.5) is 0 Å². The minimum atomic E-state index is -3.32. The maximum atomic E-state index is 12.6. The van der Waals surface area contributed by atoms with E-state index in [-0.39, 0.29) is 23.0 Å². The fourth-order valence-electron chi connectivity index (χ4n) is 9.46. The fourth-order valence-corrected chi connectivity index (χ4v) is 18.3. The Bertz CT molecular complexity index is 3410. The van der Waals surface area contributed by atoms with Gasteiger partial charge >= 0.3 is 0 Å². The lowest BCUT2D eigenvalue weighted by Gasteiger charge is -2.08. The molecule has 0 N–H and O–H groups in total. The quantitative estimate of drug-likeness (QED) is 0.0490. The van der Waals surface area contributed by atoms with E-state index in [9.17, 15) is 16.8 Å². The molecule has 0 spiro atoms. The molecule has 92 heavy (non-hydrogen) atoms. The van der Waals surface area contributed by atoms with Gasteiger partial charge in [0.1, 0.15) is 0 Å². The summed E-state index contributed by atoms with van der Waals surface area (Å²) in [5, 5.41) is 0. The Morgan fingerprint density at radius 2 is 0.467 bits per heavy atom. The third-order valence-electron chi connectivity index (χ3n) is 14.6. The van der Waals surface area contributed by atoms with Crippen molar-refractivity contribution in [3.05, 3.63) is 319 Å². The Morgan fingerprint density at radius 3 is 0.663 bits per heavy atom. The van der Waals surface area contributed by atoms with E-state index in [4.69, 9.17) is 34.8 Å². The summed E-state index contributed by atoms with van der Waals surface area (Å²) in [6, 6.07) is 75.7. The monoisotopic (exact) mass is 1490 g/mol. The first-order valence-corrected chi connectivity index (χ1v) is 43.4. The number of fused-ring (bicyclic) bond motifs is 3. The van der Waals surface area contributed by atoms with Crippen LogP contribution in [0.3, 0.4) is 0 Å². The van der Waals surface area contributed by atoms with Crippen molar-refractivity contribution in [2.45, 2.75) is 116 Å². The number of hydrogen-bond donors (Lipinski definition) is 4. The number of halogens is 3. The van der Waals surface area contributed by atoms with Gasteiger partial charge in [0.05, 0.1) is 23.0 Å². The lowest BCUT2D eigenvalue weighted by Crippen LogP contribution is -2.09. The summed E-state index contributed by atoms with van der Waals surface area (Å²) in [5.41, 5.74) is 21.6. The highest BCUT2D eigenvalue weighted by atomic mass is 35.6. The molecule has 0 aromatic heterocycles. The molecule has 0 atom stereocenters. The molecule has 0 aliphatic carbocycles. The molecular formula is C74H79Cl3O4S11. The maximum absolute atomic E-state index is 12.6. The van der Waals surface area contributed by atoms with E-state index >= 15 is 0 Å². The van der Waals surface area contributed by atoms with Gasteiger partial charge in [0.2, 0.25) is 0 Å². The number of rotatable bonds is 9. The standard InChI is InChI=1S/C25H26O4S2.C24H24S3.C16H18S4.C8H10S2.CHCl3/c26-30(27)16-22-8-4-20(5-9-22)2-1-3-21-6-10-23(11-7-21)17-31(28,29)19-25-14-12-24(18-30)13-15-25;1-2-20-4-3-19(1)13-25-15-21-5-7-23(8-6-21)17-27-18-24-11-9-22(10-12-24)16-26-14-20;17-9-13-1-5-15(6-2-13)11-19-20-12-16-7-3-14(10-18)4-8-16;9-5-7-1-2-8(6-10)4-3-7;2-1(3)4/h4-15H,1-3,16-19H2;1-12H,13-18H2;1-8,17-18H,9-12H2;1-4,9-10H,5-6H2;1H. The number of hydrogen-bond acceptors (Lipinski definition) is 13. The predicted molar refractivity (Wildman–Crippen MR) is 422 cm³/mol. The normalized spacial score (nSPS) is 14.6. The van der Waals surface area contributed by atoms with Gasteiger partial charge in [-0.15, -0.1) is 0 Å². The van der Waals surface area contributed by atoms with Gasteiger partial charge in [-0.1, -0.05) is 275 Å². The SMILES string of the molecule is ClC(Cl)Cl.O=S1(=O)Cc2ccc(cc2)CCCc2ccc(cc2)CS(=O)(=O)Cc2ccc(cc2)C1.SCc1ccc(CS)cc1.SCc1ccc(CSSCc2ccc(CS)cc2)cc1.c1cc2ccc1CSCc1ccc(cc1)CSCc1ccc(cc1)CSC2. The van der Waals surface area contributed by atoms with Crippen molar-refractivity contribution in [2.75, 3.05) is 0 Å². The van der Waals surface area contributed by atoms with Crippen LogP contribution in [0.15, 0.2) is 218 Å². The second-order valence-corrected chi connectivity index (χ2v) is 34.9. The van der Waals surface area contributed by atoms with Crippen molar-refractivity contribution >= 4 is 162 Å². The van der Waals surface area contributed by atoms with Crippen LogP contribution in [0.1, 0.15) is 107 Å². The molecule has 0 saturated carbocycles. The van der Waals surface area contributed by atoms with Gasteiger partial charge in [-0.25, -0.2) is 16.8 Å². The molecule has 10 aliphatic heterocycles. The summed E-state index contributed by atoms with van der Waals surface area (Å²) in [6.07, 6.45) is 2.80. The van der Waals surface area contributed by atoms with Gasteiger partial charge in [0.25, 0.3) is 0 Å². The van der Waals surface area contributed by atoms with Crippen LogP contribution in [-0.4, -0.2) is 21.1 Å². The molecule has 0 saturated heterocycles. The van der Waals surface area contributed by atoms with Crippen molar-refractivity contribution in [1.82, 2.24) is 0 Å². The van der Waals surface area contributed by atoms with E-state index in [1.807, 2.05) is 105 Å². The van der Waals surface area contributed by atoms with Crippen molar-refractivity contribution in [1.29, 1.82) is 0 Å². The van der Waals surface area contributed by atoms with Crippen LogP contribution in [0.2, 0.25) is 0 Å². The first kappa shape index (κ1) is 76.3. The zero-order valence-electron chi connectivity index (χ0n) is 51.2. The largest absolute Gasteiger partial charge is 0.228 e. The van der Waals surface area contributed by atoms with Crippen LogP contribution in [0.25, 0.3) is 0 Å². The summed E-state index contributed by atoms with van der Waals surface area (Å²) in [6.45, 7) is 0. The highest BCUT2D eigenvalue weighted by molar-refractivity contribution is 8.76. The lowest BCUT2D eigenvalue weighted by molar-refractivity contribution is 0.592. The van der Waals surface area contributed by atoms with E-state index in [1.54, 1.807) is 24.3 Å². The van der Waals surface area contributed by atoms with Crippen LogP contribution >= 0.6 is 142 Å². The molecule has 0 unspecified atom stereocenters. The highest BCUT2D eigenvalue weighted by Crippen LogP contribution is 2.31. The molecule has 10 heterocycles. The van der Waals surface area contributed by atoms with Crippen molar-refractivity contribution in [3.63, 3.8) is 0 Å². The van der Waals surface area contributed by atoms with Gasteiger partial charge in [-0.05, 0) is 119 Å². The minimum absolute atomic E-state index is 0.00443. The zero-order valence-corrected chi connectivity index (χ0v) is 62.8. The average molecular weight is 1490 g/mol. The highest BCUT2D eigenvalue weighted by Gasteiger charge is 2.17. The maximum Gasteiger partial charge on any atom is 0.180 e. The summed E-state index contributed by atoms with van der Waals surface area (Å²) < 4.78 is 49.8. The zero-order chi connectivity index (χ0) is 65.4. The van der Waals surface area contributed by atoms with Crippen molar-refractivity contribution < 1.29 is 16.8 Å². The Balaban J connectivity index is 0.000000180. The fraction of sp³-hybridized carbons (Fsp3) is 0.270. The molecule has 18 heteroatoms. The molecule has 19 rings (SSSR count). The predicted octanol–water partition coefficient (Wildman–Crippen LogP) is 21.9. The van der Waals surface area contributed by atoms with E-state index in [0.717, 1.165) is 99.4 Å². The van der Waals surface area contributed by atoms with Gasteiger partial charge in [-0.3, -0.25) is 0 Å². The molecular weight excluding hydrogens is 1410 g/mol. The van der Waals surface area contributed by atoms with Crippen molar-refractivity contribution in [3.8, 4) is 0 Å². The van der Waals surface area contributed by atoms with E-state index in [2.05, 4.69) is 196 Å². The summed E-state index contributed by atoms with van der Waals surface area (Å²) in [5.74, 6) is 11.7. The molecule has 4 nitrogen and oxygen atoms in total. The van der Waals surface area contributed by atoms with Crippen molar-refractivity contribution in [2.24, 2.45) is 0 Å². The molecule has 12 bridgehead atoms. The minimum Gasteiger partial charge on any atom is -0.228 e. The third-order valence-corrected chi connectivity index (χ3v) is 24.6. The Labute approximate surface area is 606 Å². The summed E-state index contributed by atoms with van der Waals surface area (Å²) >= 11 is 37.3. The summed E-state index contributed by atoms with van der Waals surface area (Å²) in [4.78, 5) is 0. The number of benzene rings is 9. The molecule has 9 aromatic rings. The number of thioether (sulfide) groups is 3. The van der Waals surface area contributed by atoms with E-state index in [0.29, 0.717) is 11.1 Å². The molecule has 9 aromatic carbocycles. The second-order valence-electron chi connectivity index (χ2n) is 22.1. The third kappa shape index (κ3) is 30.1. The van der Waals surface area contributed by atoms with E-state index in [1.165, 1.54) is 77.9 Å². The Morgan fingerprint density at radius 1 is 0.293 bits per heavy atom. The number of aryl methyl sites for hydroxylation is 2. The molecule has 0 amide bonds. The van der Waals surface area contributed by atoms with Gasteiger partial charge < -0.3 is 0 Å². The van der Waals surface area contributed by atoms with Gasteiger partial charge in [0.15, 0.2) is 24.0 Å². The Hall–Kier alpha value is -3.10. The molecule has 0 radical (unpaired) electrons. The lowest BCUT2D eigenvalue weighted by atomic mass is 10.0. The van der Waals surface area contributed by atoms with Crippen LogP contribution < -0.4 is 0 Å². The Kier molecular flexibility index (Phi) is 34.7. The summed E-state index contributed by atoms with van der Waals surface area (Å²) in [7, 11) is -2.82. The van der Waals surface area contributed by atoms with E-state index < -0.39 is 24.0 Å². The van der Waals surface area contributed by atoms with Gasteiger partial charge in [-0.2, -0.15) is 85.8 Å². The smallest absolute Gasteiger partial charge is 0.180 e. The molecule has 486 valence electrons. The first-order valence-electron chi connectivity index (χ1n) is 30.0. The molecule has 10 aliphatic rings. The first-order chi connectivity index (χ1) is 44.5. The average Bonchev–Trinajstić information content (AvgIpc) is 3.68. The topological polar surface area (TPSA) is 68.3 Å². The van der Waals surface area contributed by atoms with Crippen LogP contribution in [-0.2, 0) is 125 Å². The molecule has 0 fully saturated rings. The number of thiol groups is 4. The van der Waals surface area contributed by atoms with Gasteiger partial charge in [0, 0.05) is 69.0 Å². The second kappa shape index (κ2) is 41.9. The van der Waals surface area contributed by atoms with Crippen LogP contribution in [0.5, 0.6) is 0 Å². The van der Waals surface area contributed by atoms with Crippen LogP contribution in [0, 0.1) is 0 Å². The number of sulfone groups is 2. The number of alkyl halides is 3.